The Kier molecular flexibility index (Phi) is 4.93. The van der Waals surface area contributed by atoms with Gasteiger partial charge >= 0.3 is 0 Å². The molecule has 0 saturated heterocycles. The molecule has 0 aromatic carbocycles. The van der Waals surface area contributed by atoms with Crippen LogP contribution in [0.3, 0.4) is 0 Å². The molecule has 3 rings (SSSR count). The lowest BCUT2D eigenvalue weighted by molar-refractivity contribution is -0.131. The van der Waals surface area contributed by atoms with Crippen LogP contribution in [0.2, 0.25) is 0 Å². The van der Waals surface area contributed by atoms with Crippen LogP contribution in [0.4, 0.5) is 0 Å². The van der Waals surface area contributed by atoms with Crippen LogP contribution in [-0.4, -0.2) is 41.1 Å². The van der Waals surface area contributed by atoms with Gasteiger partial charge in [-0.2, -0.15) is 0 Å². The number of rotatable bonds is 3. The molecule has 1 aliphatic heterocycles. The Morgan fingerprint density at radius 2 is 2.24 bits per heavy atom. The number of amides is 1. The average Bonchev–Trinajstić information content (AvgIpc) is 2.87. The van der Waals surface area contributed by atoms with Crippen LogP contribution >= 0.6 is 11.3 Å². The zero-order valence-corrected chi connectivity index (χ0v) is 13.2. The first-order valence-electron chi connectivity index (χ1n) is 7.98. The molecule has 21 heavy (non-hydrogen) atoms. The first kappa shape index (κ1) is 15.0. The average molecular weight is 308 g/mol. The number of thiophene rings is 1. The van der Waals surface area contributed by atoms with Crippen molar-refractivity contribution in [2.45, 2.75) is 57.2 Å². The molecule has 2 heterocycles. The molecule has 2 aliphatic rings. The van der Waals surface area contributed by atoms with Gasteiger partial charge in [0, 0.05) is 24.0 Å². The minimum absolute atomic E-state index is 0.0814. The van der Waals surface area contributed by atoms with Crippen molar-refractivity contribution in [2.75, 3.05) is 13.1 Å². The van der Waals surface area contributed by atoms with E-state index in [0.29, 0.717) is 6.54 Å². The number of aliphatic hydroxyl groups excluding tert-OH is 1. The van der Waals surface area contributed by atoms with E-state index in [1.165, 1.54) is 16.9 Å². The van der Waals surface area contributed by atoms with Crippen LogP contribution in [-0.2, 0) is 17.8 Å². The third-order valence-corrected chi connectivity index (χ3v) is 5.68. The highest BCUT2D eigenvalue weighted by Crippen LogP contribution is 2.24. The Bertz CT molecular complexity index is 488. The molecule has 1 aromatic heterocycles. The van der Waals surface area contributed by atoms with Crippen LogP contribution in [0.25, 0.3) is 0 Å². The lowest BCUT2D eigenvalue weighted by Crippen LogP contribution is -2.46. The van der Waals surface area contributed by atoms with Gasteiger partial charge in [0.1, 0.15) is 0 Å². The highest BCUT2D eigenvalue weighted by Gasteiger charge is 2.24. The summed E-state index contributed by atoms with van der Waals surface area (Å²) >= 11 is 1.79. The molecule has 1 amide bonds. The molecule has 1 saturated carbocycles. The van der Waals surface area contributed by atoms with Crippen molar-refractivity contribution in [1.29, 1.82) is 0 Å². The third kappa shape index (κ3) is 3.65. The zero-order chi connectivity index (χ0) is 14.7. The monoisotopic (exact) mass is 308 g/mol. The normalized spacial score (nSPS) is 26.2. The lowest BCUT2D eigenvalue weighted by atomic mass is 10.1. The number of fused-ring (bicyclic) bond motifs is 1. The molecule has 2 atom stereocenters. The quantitative estimate of drug-likeness (QED) is 0.839. The van der Waals surface area contributed by atoms with Gasteiger partial charge in [-0.15, -0.1) is 11.3 Å². The summed E-state index contributed by atoms with van der Waals surface area (Å²) in [5, 5.41) is 15.5. The van der Waals surface area contributed by atoms with Crippen LogP contribution in [0, 0.1) is 0 Å². The summed E-state index contributed by atoms with van der Waals surface area (Å²) in [6.45, 7) is 1.91. The molecule has 0 bridgehead atoms. The molecule has 1 fully saturated rings. The second kappa shape index (κ2) is 6.90. The van der Waals surface area contributed by atoms with E-state index in [9.17, 15) is 9.90 Å². The van der Waals surface area contributed by atoms with Crippen molar-refractivity contribution in [3.8, 4) is 0 Å². The highest BCUT2D eigenvalue weighted by molar-refractivity contribution is 7.10. The van der Waals surface area contributed by atoms with E-state index in [1.807, 2.05) is 4.90 Å². The van der Waals surface area contributed by atoms with Gasteiger partial charge in [0.2, 0.25) is 5.91 Å². The molecule has 0 spiro atoms. The van der Waals surface area contributed by atoms with E-state index < -0.39 is 0 Å². The van der Waals surface area contributed by atoms with Gasteiger partial charge < -0.3 is 15.3 Å². The first-order valence-corrected chi connectivity index (χ1v) is 8.86. The Balaban J connectivity index is 1.50. The van der Waals surface area contributed by atoms with Crippen molar-refractivity contribution in [3.05, 3.63) is 21.9 Å². The van der Waals surface area contributed by atoms with Crippen molar-refractivity contribution in [2.24, 2.45) is 0 Å². The predicted octanol–water partition coefficient (Wildman–Crippen LogP) is 1.92. The molecule has 2 N–H and O–H groups in total. The maximum atomic E-state index is 12.4. The molecule has 116 valence electrons. The van der Waals surface area contributed by atoms with E-state index in [2.05, 4.69) is 16.8 Å². The molecule has 2 unspecified atom stereocenters. The largest absolute Gasteiger partial charge is 0.392 e. The molecular weight excluding hydrogens is 284 g/mol. The highest BCUT2D eigenvalue weighted by atomic mass is 32.1. The predicted molar refractivity (Wildman–Crippen MR) is 84.3 cm³/mol. The van der Waals surface area contributed by atoms with Gasteiger partial charge in [0.25, 0.3) is 0 Å². The summed E-state index contributed by atoms with van der Waals surface area (Å²) in [5.74, 6) is 0.156. The number of aliphatic hydroxyl groups is 1. The lowest BCUT2D eigenvalue weighted by Gasteiger charge is -2.28. The van der Waals surface area contributed by atoms with E-state index >= 15 is 0 Å². The smallest absolute Gasteiger partial charge is 0.236 e. The summed E-state index contributed by atoms with van der Waals surface area (Å²) < 4.78 is 0. The number of hydrogen-bond donors (Lipinski definition) is 2. The SMILES string of the molecule is O=C(CNC1CCCCCC1O)N1CCc2sccc2C1. The topological polar surface area (TPSA) is 52.6 Å². The summed E-state index contributed by atoms with van der Waals surface area (Å²) in [4.78, 5) is 15.7. The van der Waals surface area contributed by atoms with Crippen LogP contribution < -0.4 is 5.32 Å². The fourth-order valence-electron chi connectivity index (χ4n) is 3.32. The standard InChI is InChI=1S/C16H24N2O2S/c19-14-5-3-1-2-4-13(14)17-10-16(20)18-8-6-15-12(11-18)7-9-21-15/h7,9,13-14,17,19H,1-6,8,10-11H2. The number of carbonyl (C=O) groups excluding carboxylic acids is 1. The number of nitrogens with zero attached hydrogens (tertiary/aromatic N) is 1. The van der Waals surface area contributed by atoms with Crippen molar-refractivity contribution < 1.29 is 9.90 Å². The van der Waals surface area contributed by atoms with E-state index in [1.54, 1.807) is 11.3 Å². The summed E-state index contributed by atoms with van der Waals surface area (Å²) in [7, 11) is 0. The van der Waals surface area contributed by atoms with Crippen molar-refractivity contribution >= 4 is 17.2 Å². The third-order valence-electron chi connectivity index (χ3n) is 4.66. The van der Waals surface area contributed by atoms with Gasteiger partial charge in [0.05, 0.1) is 12.6 Å². The van der Waals surface area contributed by atoms with Gasteiger partial charge in [-0.3, -0.25) is 4.79 Å². The summed E-state index contributed by atoms with van der Waals surface area (Å²) in [5.41, 5.74) is 1.30. The second-order valence-electron chi connectivity index (χ2n) is 6.13. The van der Waals surface area contributed by atoms with Crippen molar-refractivity contribution in [3.63, 3.8) is 0 Å². The fourth-order valence-corrected chi connectivity index (χ4v) is 4.21. The van der Waals surface area contributed by atoms with Gasteiger partial charge in [-0.1, -0.05) is 19.3 Å². The molecular formula is C16H24N2O2S. The van der Waals surface area contributed by atoms with E-state index in [4.69, 9.17) is 0 Å². The van der Waals surface area contributed by atoms with Crippen LogP contribution in [0.1, 0.15) is 42.5 Å². The second-order valence-corrected chi connectivity index (χ2v) is 7.13. The summed E-state index contributed by atoms with van der Waals surface area (Å²) in [6, 6.07) is 2.21. The molecule has 0 radical (unpaired) electrons. The van der Waals surface area contributed by atoms with Crippen LogP contribution in [0.15, 0.2) is 11.4 Å². The maximum Gasteiger partial charge on any atom is 0.236 e. The molecule has 1 aromatic rings. The fraction of sp³-hybridized carbons (Fsp3) is 0.688. The molecule has 1 aliphatic carbocycles. The van der Waals surface area contributed by atoms with E-state index in [0.717, 1.165) is 45.2 Å². The van der Waals surface area contributed by atoms with Crippen LogP contribution in [0.5, 0.6) is 0 Å². The maximum absolute atomic E-state index is 12.4. The van der Waals surface area contributed by atoms with Crippen molar-refractivity contribution in [1.82, 2.24) is 10.2 Å². The molecule has 4 nitrogen and oxygen atoms in total. The number of hydrogen-bond acceptors (Lipinski definition) is 4. The Morgan fingerprint density at radius 3 is 3.14 bits per heavy atom. The van der Waals surface area contributed by atoms with Gasteiger partial charge in [-0.25, -0.2) is 0 Å². The van der Waals surface area contributed by atoms with Gasteiger partial charge in [0.15, 0.2) is 0 Å². The Morgan fingerprint density at radius 1 is 1.38 bits per heavy atom. The Labute approximate surface area is 130 Å². The zero-order valence-electron chi connectivity index (χ0n) is 12.4. The Hall–Kier alpha value is -0.910. The first-order chi connectivity index (χ1) is 10.2. The summed E-state index contributed by atoms with van der Waals surface area (Å²) in [6.07, 6.45) is 5.94. The minimum atomic E-state index is -0.301. The number of carbonyl (C=O) groups is 1. The number of nitrogens with one attached hydrogen (secondary N) is 1. The van der Waals surface area contributed by atoms with E-state index in [-0.39, 0.29) is 18.1 Å². The van der Waals surface area contributed by atoms with Gasteiger partial charge in [-0.05, 0) is 36.3 Å². The molecule has 5 heteroatoms. The minimum Gasteiger partial charge on any atom is -0.392 e.